The summed E-state index contributed by atoms with van der Waals surface area (Å²) in [5.74, 6) is -0.586. The summed E-state index contributed by atoms with van der Waals surface area (Å²) in [6, 6.07) is 0. The van der Waals surface area contributed by atoms with Gasteiger partial charge in [0.25, 0.3) is 0 Å². The zero-order chi connectivity index (χ0) is 16.0. The predicted molar refractivity (Wildman–Crippen MR) is 68.5 cm³/mol. The molecular weight excluding hydrogens is 272 g/mol. The molecule has 0 aliphatic carbocycles. The van der Waals surface area contributed by atoms with Gasteiger partial charge in [-0.3, -0.25) is 0 Å². The highest BCUT2D eigenvalue weighted by atomic mass is 16.4. The van der Waals surface area contributed by atoms with Crippen LogP contribution in [0.1, 0.15) is 6.92 Å². The Kier molecular flexibility index (Phi) is 8.40. The van der Waals surface area contributed by atoms with Crippen molar-refractivity contribution in [3.8, 4) is 0 Å². The maximum Gasteiger partial charge on any atom is 0.111 e. The molecule has 0 spiro atoms. The molecule has 0 aromatic carbocycles. The average Bonchev–Trinajstić information content (AvgIpc) is 2.48. The fourth-order valence-corrected chi connectivity index (χ4v) is 1.59. The van der Waals surface area contributed by atoms with Crippen LogP contribution in [0, 0.1) is 5.92 Å². The molecule has 0 heterocycles. The van der Waals surface area contributed by atoms with Gasteiger partial charge in [0, 0.05) is 5.92 Å². The van der Waals surface area contributed by atoms with Crippen LogP contribution in [0.15, 0.2) is 12.7 Å². The molecule has 8 N–H and O–H groups in total. The maximum atomic E-state index is 9.67. The van der Waals surface area contributed by atoms with Gasteiger partial charge in [0.05, 0.1) is 12.7 Å². The summed E-state index contributed by atoms with van der Waals surface area (Å²) in [5.41, 5.74) is 0. The SMILES string of the molecule is C=C[C@H](C)C(O)C(O)C(O)C(O)C(O)C(O)C(O)CO. The van der Waals surface area contributed by atoms with E-state index in [1.54, 1.807) is 0 Å². The standard InChI is InChI=1S/C12H24O8/c1-3-5(2)7(15)9(17)11(19)12(20)10(18)8(16)6(14)4-13/h3,5-20H,1,4H2,2H3/t5-,6?,7?,8?,9?,10?,11?,12?/m0/s1. The summed E-state index contributed by atoms with van der Waals surface area (Å²) in [6.45, 7) is 4.05. The molecule has 0 aliphatic heterocycles. The number of rotatable bonds is 9. The van der Waals surface area contributed by atoms with Crippen LogP contribution in [-0.4, -0.2) is 90.2 Å². The lowest BCUT2D eigenvalue weighted by molar-refractivity contribution is -0.172. The van der Waals surface area contributed by atoms with Crippen LogP contribution in [0.2, 0.25) is 0 Å². The minimum atomic E-state index is -2.03. The molecule has 8 atom stereocenters. The molecule has 0 saturated heterocycles. The van der Waals surface area contributed by atoms with Crippen LogP contribution in [0.3, 0.4) is 0 Å². The molecular formula is C12H24O8. The first-order valence-electron chi connectivity index (χ1n) is 6.18. The number of aliphatic hydroxyl groups excluding tert-OH is 8. The molecule has 8 nitrogen and oxygen atoms in total. The van der Waals surface area contributed by atoms with E-state index in [0.29, 0.717) is 0 Å². The Morgan fingerprint density at radius 1 is 0.750 bits per heavy atom. The zero-order valence-electron chi connectivity index (χ0n) is 11.2. The Morgan fingerprint density at radius 2 is 1.10 bits per heavy atom. The molecule has 0 aromatic rings. The highest BCUT2D eigenvalue weighted by Crippen LogP contribution is 2.17. The molecule has 0 aromatic heterocycles. The second-order valence-corrected chi connectivity index (χ2v) is 4.79. The molecule has 7 unspecified atom stereocenters. The molecule has 0 rings (SSSR count). The lowest BCUT2D eigenvalue weighted by Crippen LogP contribution is -2.55. The first kappa shape index (κ1) is 19.4. The highest BCUT2D eigenvalue weighted by Gasteiger charge is 2.39. The zero-order valence-corrected chi connectivity index (χ0v) is 11.2. The highest BCUT2D eigenvalue weighted by molar-refractivity contribution is 4.93. The topological polar surface area (TPSA) is 162 Å². The fraction of sp³-hybridized carbons (Fsp3) is 0.833. The van der Waals surface area contributed by atoms with Crippen molar-refractivity contribution in [2.75, 3.05) is 6.61 Å². The van der Waals surface area contributed by atoms with E-state index < -0.39 is 55.3 Å². The second kappa shape index (κ2) is 8.65. The van der Waals surface area contributed by atoms with Crippen molar-refractivity contribution in [3.05, 3.63) is 12.7 Å². The third-order valence-electron chi connectivity index (χ3n) is 3.24. The van der Waals surface area contributed by atoms with Gasteiger partial charge in [-0.25, -0.2) is 0 Å². The van der Waals surface area contributed by atoms with Crippen LogP contribution < -0.4 is 0 Å². The third kappa shape index (κ3) is 4.76. The molecule has 0 fully saturated rings. The van der Waals surface area contributed by atoms with Gasteiger partial charge in [0.2, 0.25) is 0 Å². The normalized spacial score (nSPS) is 24.1. The van der Waals surface area contributed by atoms with Crippen LogP contribution >= 0.6 is 0 Å². The maximum absolute atomic E-state index is 9.67. The first-order valence-corrected chi connectivity index (χ1v) is 6.18. The van der Waals surface area contributed by atoms with Gasteiger partial charge in [0.1, 0.15) is 36.6 Å². The van der Waals surface area contributed by atoms with Crippen molar-refractivity contribution < 1.29 is 40.9 Å². The molecule has 0 amide bonds. The summed E-state index contributed by atoms with van der Waals surface area (Å²) < 4.78 is 0. The van der Waals surface area contributed by atoms with Gasteiger partial charge in [-0.05, 0) is 0 Å². The summed E-state index contributed by atoms with van der Waals surface area (Å²) >= 11 is 0. The van der Waals surface area contributed by atoms with Gasteiger partial charge in [-0.2, -0.15) is 0 Å². The van der Waals surface area contributed by atoms with E-state index in [9.17, 15) is 30.6 Å². The van der Waals surface area contributed by atoms with E-state index in [1.807, 2.05) is 0 Å². The first-order chi connectivity index (χ1) is 9.18. The van der Waals surface area contributed by atoms with Crippen LogP contribution in [0.4, 0.5) is 0 Å². The van der Waals surface area contributed by atoms with E-state index in [0.717, 1.165) is 0 Å². The van der Waals surface area contributed by atoms with Crippen molar-refractivity contribution in [2.45, 2.75) is 49.7 Å². The Bertz CT molecular complexity index is 287. The largest absolute Gasteiger partial charge is 0.394 e. The second-order valence-electron chi connectivity index (χ2n) is 4.79. The summed E-state index contributed by atoms with van der Waals surface area (Å²) in [5, 5.41) is 75.3. The third-order valence-corrected chi connectivity index (χ3v) is 3.24. The smallest absolute Gasteiger partial charge is 0.111 e. The van der Waals surface area contributed by atoms with E-state index in [-0.39, 0.29) is 0 Å². The molecule has 20 heavy (non-hydrogen) atoms. The lowest BCUT2D eigenvalue weighted by atomic mass is 9.90. The van der Waals surface area contributed by atoms with E-state index in [2.05, 4.69) is 6.58 Å². The monoisotopic (exact) mass is 296 g/mol. The number of aliphatic hydroxyl groups is 8. The van der Waals surface area contributed by atoms with Gasteiger partial charge < -0.3 is 40.9 Å². The molecule has 0 radical (unpaired) electrons. The van der Waals surface area contributed by atoms with Crippen LogP contribution in [0.25, 0.3) is 0 Å². The molecule has 0 aliphatic rings. The Hall–Kier alpha value is -0.580. The summed E-state index contributed by atoms with van der Waals surface area (Å²) in [6.07, 6.45) is -11.6. The predicted octanol–water partition coefficient (Wildman–Crippen LogP) is -3.67. The van der Waals surface area contributed by atoms with Gasteiger partial charge in [-0.15, -0.1) is 6.58 Å². The molecule has 8 heteroatoms. The van der Waals surface area contributed by atoms with Crippen molar-refractivity contribution >= 4 is 0 Å². The van der Waals surface area contributed by atoms with Crippen molar-refractivity contribution in [2.24, 2.45) is 5.92 Å². The van der Waals surface area contributed by atoms with Gasteiger partial charge >= 0.3 is 0 Å². The summed E-state index contributed by atoms with van der Waals surface area (Å²) in [7, 11) is 0. The Balaban J connectivity index is 4.74. The fourth-order valence-electron chi connectivity index (χ4n) is 1.59. The lowest BCUT2D eigenvalue weighted by Gasteiger charge is -2.33. The van der Waals surface area contributed by atoms with E-state index in [4.69, 9.17) is 10.2 Å². The van der Waals surface area contributed by atoms with Gasteiger partial charge in [0.15, 0.2) is 0 Å². The minimum Gasteiger partial charge on any atom is -0.394 e. The molecule has 0 saturated carbocycles. The van der Waals surface area contributed by atoms with Crippen molar-refractivity contribution in [3.63, 3.8) is 0 Å². The van der Waals surface area contributed by atoms with Crippen molar-refractivity contribution in [1.29, 1.82) is 0 Å². The Labute approximate surface area is 116 Å². The van der Waals surface area contributed by atoms with E-state index >= 15 is 0 Å². The molecule has 0 bridgehead atoms. The number of hydrogen-bond acceptors (Lipinski definition) is 8. The van der Waals surface area contributed by atoms with Crippen LogP contribution in [0.5, 0.6) is 0 Å². The molecule has 120 valence electrons. The quantitative estimate of drug-likeness (QED) is 0.202. The van der Waals surface area contributed by atoms with Crippen molar-refractivity contribution in [1.82, 2.24) is 0 Å². The van der Waals surface area contributed by atoms with Crippen LogP contribution in [-0.2, 0) is 0 Å². The van der Waals surface area contributed by atoms with Gasteiger partial charge in [-0.1, -0.05) is 13.0 Å². The number of hydrogen-bond donors (Lipinski definition) is 8. The summed E-state index contributed by atoms with van der Waals surface area (Å²) in [4.78, 5) is 0. The van der Waals surface area contributed by atoms with E-state index in [1.165, 1.54) is 13.0 Å². The Morgan fingerprint density at radius 3 is 1.45 bits per heavy atom. The average molecular weight is 296 g/mol. The minimum absolute atomic E-state index is 0.586.